The van der Waals surface area contributed by atoms with Crippen LogP contribution < -0.4 is 0 Å². The van der Waals surface area contributed by atoms with Crippen molar-refractivity contribution in [3.8, 4) is 0 Å². The van der Waals surface area contributed by atoms with E-state index in [-0.39, 0.29) is 12.2 Å². The zero-order valence-corrected chi connectivity index (χ0v) is 10.9. The molecule has 0 saturated carbocycles. The number of benzene rings is 2. The largest absolute Gasteiger partial charge is 0.455 e. The first-order valence-corrected chi connectivity index (χ1v) is 6.08. The van der Waals surface area contributed by atoms with Crippen LogP contribution in [0.15, 0.2) is 54.6 Å². The van der Waals surface area contributed by atoms with Crippen molar-refractivity contribution in [2.75, 3.05) is 0 Å². The van der Waals surface area contributed by atoms with E-state index in [1.54, 1.807) is 24.3 Å². The highest BCUT2D eigenvalue weighted by atomic mass is 16.6. The molecule has 0 aromatic heterocycles. The molecule has 6 nitrogen and oxygen atoms in total. The maximum Gasteiger partial charge on any atom is 0.380 e. The van der Waals surface area contributed by atoms with Crippen LogP contribution in [0.1, 0.15) is 15.9 Å². The van der Waals surface area contributed by atoms with E-state index in [0.29, 0.717) is 0 Å². The zero-order valence-electron chi connectivity index (χ0n) is 10.9. The minimum Gasteiger partial charge on any atom is -0.455 e. The predicted octanol–water partition coefficient (Wildman–Crippen LogP) is 2.52. The van der Waals surface area contributed by atoms with E-state index in [0.717, 1.165) is 11.6 Å². The Kier molecular flexibility index (Phi) is 4.40. The number of hydrogen-bond donors (Lipinski definition) is 0. The van der Waals surface area contributed by atoms with Gasteiger partial charge in [0.1, 0.15) is 12.2 Å². The van der Waals surface area contributed by atoms with Gasteiger partial charge in [0.25, 0.3) is 11.5 Å². The molecule has 0 radical (unpaired) electrons. The third kappa shape index (κ3) is 3.50. The Hall–Kier alpha value is -3.02. The van der Waals surface area contributed by atoms with Crippen LogP contribution in [0.2, 0.25) is 0 Å². The Morgan fingerprint density at radius 2 is 1.62 bits per heavy atom. The van der Waals surface area contributed by atoms with Gasteiger partial charge in [-0.15, -0.1) is 0 Å². The van der Waals surface area contributed by atoms with Crippen molar-refractivity contribution in [2.45, 2.75) is 6.61 Å². The SMILES string of the molecule is O=C(OCc1ccccc1)C(=O)c1ccccc1[N+](=O)[O-]. The van der Waals surface area contributed by atoms with Gasteiger partial charge in [-0.05, 0) is 11.6 Å². The molecule has 2 rings (SSSR count). The van der Waals surface area contributed by atoms with Crippen LogP contribution >= 0.6 is 0 Å². The van der Waals surface area contributed by atoms with Crippen LogP contribution in [0, 0.1) is 10.1 Å². The number of rotatable bonds is 5. The summed E-state index contributed by atoms with van der Waals surface area (Å²) in [5.74, 6) is -2.15. The first-order valence-electron chi connectivity index (χ1n) is 6.08. The highest BCUT2D eigenvalue weighted by Crippen LogP contribution is 2.18. The molecule has 0 spiro atoms. The Morgan fingerprint density at radius 1 is 1.00 bits per heavy atom. The van der Waals surface area contributed by atoms with Crippen LogP contribution in [-0.4, -0.2) is 16.7 Å². The second-order valence-electron chi connectivity index (χ2n) is 4.17. The average Bonchev–Trinajstić information content (AvgIpc) is 2.52. The molecule has 21 heavy (non-hydrogen) atoms. The highest BCUT2D eigenvalue weighted by molar-refractivity contribution is 6.41. The molecular formula is C15H11NO5. The van der Waals surface area contributed by atoms with Gasteiger partial charge in [-0.25, -0.2) is 4.79 Å². The summed E-state index contributed by atoms with van der Waals surface area (Å²) in [6.07, 6.45) is 0. The average molecular weight is 285 g/mol. The molecule has 2 aromatic rings. The molecule has 0 aliphatic rings. The third-order valence-electron chi connectivity index (χ3n) is 2.74. The van der Waals surface area contributed by atoms with Crippen molar-refractivity contribution in [1.82, 2.24) is 0 Å². The maximum atomic E-state index is 11.9. The second kappa shape index (κ2) is 6.42. The number of Topliss-reactive ketones (excluding diaryl/α,β-unsaturated/α-hetero) is 1. The number of nitro groups is 1. The van der Waals surface area contributed by atoms with Crippen LogP contribution in [0.5, 0.6) is 0 Å². The fourth-order valence-electron chi connectivity index (χ4n) is 1.72. The Morgan fingerprint density at radius 3 is 2.29 bits per heavy atom. The summed E-state index contributed by atoms with van der Waals surface area (Å²) in [5, 5.41) is 10.8. The van der Waals surface area contributed by atoms with Crippen LogP contribution in [0.25, 0.3) is 0 Å². The smallest absolute Gasteiger partial charge is 0.380 e. The number of para-hydroxylation sites is 1. The number of hydrogen-bond acceptors (Lipinski definition) is 5. The van der Waals surface area contributed by atoms with Crippen LogP contribution in [-0.2, 0) is 16.1 Å². The molecule has 0 aliphatic heterocycles. The molecular weight excluding hydrogens is 274 g/mol. The Labute approximate surface area is 120 Å². The van der Waals surface area contributed by atoms with E-state index < -0.39 is 22.4 Å². The van der Waals surface area contributed by atoms with E-state index >= 15 is 0 Å². The number of nitro benzene ring substituents is 1. The number of ketones is 1. The maximum absolute atomic E-state index is 11.9. The minimum atomic E-state index is -1.12. The van der Waals surface area contributed by atoms with Gasteiger partial charge in [0, 0.05) is 6.07 Å². The van der Waals surface area contributed by atoms with Gasteiger partial charge in [0.05, 0.1) is 4.92 Å². The lowest BCUT2D eigenvalue weighted by Gasteiger charge is -2.04. The van der Waals surface area contributed by atoms with Gasteiger partial charge < -0.3 is 4.74 Å². The summed E-state index contributed by atoms with van der Waals surface area (Å²) in [6.45, 7) is -0.0634. The molecule has 0 N–H and O–H groups in total. The van der Waals surface area contributed by atoms with Gasteiger partial charge >= 0.3 is 5.97 Å². The summed E-state index contributed by atoms with van der Waals surface area (Å²) >= 11 is 0. The fraction of sp³-hybridized carbons (Fsp3) is 0.0667. The molecule has 0 saturated heterocycles. The second-order valence-corrected chi connectivity index (χ2v) is 4.17. The van der Waals surface area contributed by atoms with Gasteiger partial charge in [-0.1, -0.05) is 42.5 Å². The summed E-state index contributed by atoms with van der Waals surface area (Å²) in [4.78, 5) is 33.7. The molecule has 106 valence electrons. The summed E-state index contributed by atoms with van der Waals surface area (Å²) < 4.78 is 4.87. The number of carbonyl (C=O) groups excluding carboxylic acids is 2. The molecule has 0 fully saturated rings. The van der Waals surface area contributed by atoms with E-state index in [9.17, 15) is 19.7 Å². The Bertz CT molecular complexity index is 681. The standard InChI is InChI=1S/C15H11NO5/c17-14(12-8-4-5-9-13(12)16(19)20)15(18)21-10-11-6-2-1-3-7-11/h1-9H,10H2. The van der Waals surface area contributed by atoms with Crippen LogP contribution in [0.3, 0.4) is 0 Å². The van der Waals surface area contributed by atoms with Gasteiger partial charge in [0.2, 0.25) is 0 Å². The van der Waals surface area contributed by atoms with E-state index in [1.165, 1.54) is 18.2 Å². The van der Waals surface area contributed by atoms with Gasteiger partial charge in [0.15, 0.2) is 0 Å². The number of nitrogens with zero attached hydrogens (tertiary/aromatic N) is 1. The Balaban J connectivity index is 2.10. The number of ether oxygens (including phenoxy) is 1. The normalized spacial score (nSPS) is 9.90. The quantitative estimate of drug-likeness (QED) is 0.277. The van der Waals surface area contributed by atoms with E-state index in [1.807, 2.05) is 6.07 Å². The number of esters is 1. The zero-order chi connectivity index (χ0) is 15.2. The van der Waals surface area contributed by atoms with Gasteiger partial charge in [-0.3, -0.25) is 14.9 Å². The van der Waals surface area contributed by atoms with Crippen molar-refractivity contribution in [2.24, 2.45) is 0 Å². The molecule has 2 aromatic carbocycles. The molecule has 6 heteroatoms. The highest BCUT2D eigenvalue weighted by Gasteiger charge is 2.26. The van der Waals surface area contributed by atoms with Crippen molar-refractivity contribution < 1.29 is 19.2 Å². The predicted molar refractivity (Wildman–Crippen MR) is 73.7 cm³/mol. The minimum absolute atomic E-state index is 0.0634. The fourth-order valence-corrected chi connectivity index (χ4v) is 1.72. The summed E-state index contributed by atoms with van der Waals surface area (Å²) in [6, 6.07) is 14.1. The molecule has 0 atom stereocenters. The summed E-state index contributed by atoms with van der Waals surface area (Å²) in [7, 11) is 0. The molecule has 0 aliphatic carbocycles. The molecule has 0 heterocycles. The van der Waals surface area contributed by atoms with Gasteiger partial charge in [-0.2, -0.15) is 0 Å². The van der Waals surface area contributed by atoms with E-state index in [4.69, 9.17) is 4.74 Å². The first-order chi connectivity index (χ1) is 10.1. The van der Waals surface area contributed by atoms with Crippen LogP contribution in [0.4, 0.5) is 5.69 Å². The van der Waals surface area contributed by atoms with E-state index in [2.05, 4.69) is 0 Å². The lowest BCUT2D eigenvalue weighted by molar-refractivity contribution is -0.385. The molecule has 0 unspecified atom stereocenters. The molecule has 0 amide bonds. The monoisotopic (exact) mass is 285 g/mol. The number of carbonyl (C=O) groups is 2. The lowest BCUT2D eigenvalue weighted by Crippen LogP contribution is -2.18. The molecule has 0 bridgehead atoms. The van der Waals surface area contributed by atoms with Crippen molar-refractivity contribution in [3.63, 3.8) is 0 Å². The summed E-state index contributed by atoms with van der Waals surface area (Å²) in [5.41, 5.74) is 0.0286. The topological polar surface area (TPSA) is 86.5 Å². The first kappa shape index (κ1) is 14.4. The lowest BCUT2D eigenvalue weighted by atomic mass is 10.1. The van der Waals surface area contributed by atoms with Crippen molar-refractivity contribution >= 4 is 17.4 Å². The van der Waals surface area contributed by atoms with Crippen molar-refractivity contribution in [3.05, 3.63) is 75.8 Å². The third-order valence-corrected chi connectivity index (χ3v) is 2.74. The van der Waals surface area contributed by atoms with Crippen molar-refractivity contribution in [1.29, 1.82) is 0 Å².